The molecule has 0 aliphatic rings. The van der Waals surface area contributed by atoms with Crippen molar-refractivity contribution in [3.63, 3.8) is 0 Å². The van der Waals surface area contributed by atoms with Crippen LogP contribution in [0.25, 0.3) is 0 Å². The first-order valence-corrected chi connectivity index (χ1v) is 11.1. The lowest BCUT2D eigenvalue weighted by Gasteiger charge is -2.10. The van der Waals surface area contributed by atoms with Crippen LogP contribution in [0, 0.1) is 0 Å². The molecule has 0 heterocycles. The van der Waals surface area contributed by atoms with Crippen molar-refractivity contribution >= 4 is 5.69 Å². The Morgan fingerprint density at radius 3 is 2.00 bits per heavy atom. The first-order chi connectivity index (χ1) is 14.8. The van der Waals surface area contributed by atoms with E-state index in [1.807, 2.05) is 18.2 Å². The van der Waals surface area contributed by atoms with Crippen LogP contribution in [0.2, 0.25) is 0 Å². The number of ether oxygens (including phenoxy) is 2. The van der Waals surface area contributed by atoms with Crippen LogP contribution >= 0.6 is 0 Å². The van der Waals surface area contributed by atoms with E-state index in [0.29, 0.717) is 6.61 Å². The Labute approximate surface area is 181 Å². The standard InChI is InChI=1S/C27H33NO2/c1-2-3-4-8-20-29-26-15-11-24(12-16-26)22-28-25-13-17-27(18-14-25)30-21-19-23-9-6-5-7-10-23/h5-7,9-18,28H,2-4,8,19-22H2,1H3. The summed E-state index contributed by atoms with van der Waals surface area (Å²) in [4.78, 5) is 0. The van der Waals surface area contributed by atoms with Gasteiger partial charge in [-0.1, -0.05) is 68.7 Å². The summed E-state index contributed by atoms with van der Waals surface area (Å²) in [5, 5.41) is 3.46. The molecule has 0 amide bonds. The van der Waals surface area contributed by atoms with Gasteiger partial charge in [0.2, 0.25) is 0 Å². The van der Waals surface area contributed by atoms with Crippen LogP contribution in [0.4, 0.5) is 5.69 Å². The van der Waals surface area contributed by atoms with Crippen LogP contribution in [0.5, 0.6) is 11.5 Å². The molecule has 3 aromatic carbocycles. The zero-order valence-corrected chi connectivity index (χ0v) is 18.0. The third-order valence-electron chi connectivity index (χ3n) is 5.04. The topological polar surface area (TPSA) is 30.5 Å². The number of nitrogens with one attached hydrogen (secondary N) is 1. The molecule has 0 atom stereocenters. The van der Waals surface area contributed by atoms with Gasteiger partial charge in [0.25, 0.3) is 0 Å². The first kappa shape index (κ1) is 21.8. The number of hydrogen-bond acceptors (Lipinski definition) is 3. The highest BCUT2D eigenvalue weighted by molar-refractivity contribution is 5.47. The third kappa shape index (κ3) is 7.82. The summed E-state index contributed by atoms with van der Waals surface area (Å²) in [6, 6.07) is 26.9. The Kier molecular flexibility index (Phi) is 9.13. The van der Waals surface area contributed by atoms with E-state index < -0.39 is 0 Å². The first-order valence-electron chi connectivity index (χ1n) is 11.1. The fourth-order valence-electron chi connectivity index (χ4n) is 3.23. The second-order valence-electron chi connectivity index (χ2n) is 7.52. The molecule has 0 aromatic heterocycles. The van der Waals surface area contributed by atoms with Crippen molar-refractivity contribution in [3.05, 3.63) is 90.0 Å². The molecule has 0 unspecified atom stereocenters. The van der Waals surface area contributed by atoms with Crippen molar-refractivity contribution < 1.29 is 9.47 Å². The summed E-state index contributed by atoms with van der Waals surface area (Å²) in [6.45, 7) is 4.50. The summed E-state index contributed by atoms with van der Waals surface area (Å²) in [5.74, 6) is 1.85. The van der Waals surface area contributed by atoms with Gasteiger partial charge in [-0.25, -0.2) is 0 Å². The summed E-state index contributed by atoms with van der Waals surface area (Å²) < 4.78 is 11.7. The van der Waals surface area contributed by atoms with Crippen molar-refractivity contribution in [2.45, 2.75) is 45.6 Å². The number of anilines is 1. The predicted molar refractivity (Wildman–Crippen MR) is 125 cm³/mol. The zero-order valence-electron chi connectivity index (χ0n) is 18.0. The van der Waals surface area contributed by atoms with E-state index in [9.17, 15) is 0 Å². The number of hydrogen-bond donors (Lipinski definition) is 1. The molecule has 158 valence electrons. The van der Waals surface area contributed by atoms with Crippen molar-refractivity contribution in [2.24, 2.45) is 0 Å². The average molecular weight is 404 g/mol. The molecule has 0 spiro atoms. The highest BCUT2D eigenvalue weighted by Gasteiger charge is 1.99. The fraction of sp³-hybridized carbons (Fsp3) is 0.333. The van der Waals surface area contributed by atoms with E-state index in [2.05, 4.69) is 72.9 Å². The predicted octanol–water partition coefficient (Wildman–Crippen LogP) is 6.88. The zero-order chi connectivity index (χ0) is 20.9. The molecule has 0 aliphatic heterocycles. The average Bonchev–Trinajstić information content (AvgIpc) is 2.80. The van der Waals surface area contributed by atoms with Crippen molar-refractivity contribution in [1.82, 2.24) is 0 Å². The van der Waals surface area contributed by atoms with E-state index in [1.165, 1.54) is 30.4 Å². The molecular weight excluding hydrogens is 370 g/mol. The van der Waals surface area contributed by atoms with Gasteiger partial charge in [-0.15, -0.1) is 0 Å². The normalized spacial score (nSPS) is 10.6. The lowest BCUT2D eigenvalue weighted by atomic mass is 10.2. The van der Waals surface area contributed by atoms with Gasteiger partial charge < -0.3 is 14.8 Å². The van der Waals surface area contributed by atoms with E-state index in [-0.39, 0.29) is 0 Å². The molecular formula is C27H33NO2. The maximum atomic E-state index is 5.85. The van der Waals surface area contributed by atoms with Gasteiger partial charge in [0.15, 0.2) is 0 Å². The van der Waals surface area contributed by atoms with E-state index in [4.69, 9.17) is 9.47 Å². The fourth-order valence-corrected chi connectivity index (χ4v) is 3.23. The molecule has 0 radical (unpaired) electrons. The van der Waals surface area contributed by atoms with Gasteiger partial charge in [0.05, 0.1) is 13.2 Å². The van der Waals surface area contributed by atoms with Gasteiger partial charge in [-0.2, -0.15) is 0 Å². The molecule has 3 nitrogen and oxygen atoms in total. The molecule has 0 aliphatic carbocycles. The van der Waals surface area contributed by atoms with E-state index in [0.717, 1.165) is 43.2 Å². The van der Waals surface area contributed by atoms with E-state index in [1.54, 1.807) is 0 Å². The van der Waals surface area contributed by atoms with Gasteiger partial charge in [0.1, 0.15) is 11.5 Å². The molecule has 0 bridgehead atoms. The monoisotopic (exact) mass is 403 g/mol. The number of rotatable bonds is 13. The lowest BCUT2D eigenvalue weighted by Crippen LogP contribution is -2.02. The van der Waals surface area contributed by atoms with Crippen molar-refractivity contribution in [1.29, 1.82) is 0 Å². The quantitative estimate of drug-likeness (QED) is 0.316. The van der Waals surface area contributed by atoms with Crippen LogP contribution in [0.1, 0.15) is 43.7 Å². The number of unbranched alkanes of at least 4 members (excludes halogenated alkanes) is 3. The van der Waals surface area contributed by atoms with Gasteiger partial charge >= 0.3 is 0 Å². The minimum atomic E-state index is 0.684. The van der Waals surface area contributed by atoms with Gasteiger partial charge in [-0.05, 0) is 53.9 Å². The molecule has 30 heavy (non-hydrogen) atoms. The van der Waals surface area contributed by atoms with E-state index >= 15 is 0 Å². The molecule has 0 saturated carbocycles. The largest absolute Gasteiger partial charge is 0.494 e. The Hall–Kier alpha value is -2.94. The number of benzene rings is 3. The molecule has 3 rings (SSSR count). The second kappa shape index (κ2) is 12.6. The SMILES string of the molecule is CCCCCCOc1ccc(CNc2ccc(OCCc3ccccc3)cc2)cc1. The molecule has 0 fully saturated rings. The second-order valence-corrected chi connectivity index (χ2v) is 7.52. The molecule has 1 N–H and O–H groups in total. The van der Waals surface area contributed by atoms with Crippen LogP contribution in [0.3, 0.4) is 0 Å². The van der Waals surface area contributed by atoms with Gasteiger partial charge in [-0.3, -0.25) is 0 Å². The Morgan fingerprint density at radius 2 is 1.30 bits per heavy atom. The third-order valence-corrected chi connectivity index (χ3v) is 5.04. The van der Waals surface area contributed by atoms with Crippen molar-refractivity contribution in [3.8, 4) is 11.5 Å². The Balaban J connectivity index is 1.36. The van der Waals surface area contributed by atoms with Crippen LogP contribution in [0.15, 0.2) is 78.9 Å². The lowest BCUT2D eigenvalue weighted by molar-refractivity contribution is 0.305. The van der Waals surface area contributed by atoms with Gasteiger partial charge in [0, 0.05) is 18.7 Å². The van der Waals surface area contributed by atoms with Crippen LogP contribution in [-0.2, 0) is 13.0 Å². The van der Waals surface area contributed by atoms with Crippen molar-refractivity contribution in [2.75, 3.05) is 18.5 Å². The minimum absolute atomic E-state index is 0.684. The summed E-state index contributed by atoms with van der Waals surface area (Å²) in [7, 11) is 0. The highest BCUT2D eigenvalue weighted by Crippen LogP contribution is 2.18. The maximum Gasteiger partial charge on any atom is 0.119 e. The molecule has 3 heteroatoms. The highest BCUT2D eigenvalue weighted by atomic mass is 16.5. The summed E-state index contributed by atoms with van der Waals surface area (Å²) >= 11 is 0. The van der Waals surface area contributed by atoms with Crippen LogP contribution < -0.4 is 14.8 Å². The summed E-state index contributed by atoms with van der Waals surface area (Å²) in [5.41, 5.74) is 3.61. The Bertz CT molecular complexity index is 829. The minimum Gasteiger partial charge on any atom is -0.494 e. The smallest absolute Gasteiger partial charge is 0.119 e. The maximum absolute atomic E-state index is 5.85. The Morgan fingerprint density at radius 1 is 0.633 bits per heavy atom. The molecule has 0 saturated heterocycles. The molecule has 3 aromatic rings. The van der Waals surface area contributed by atoms with Crippen LogP contribution in [-0.4, -0.2) is 13.2 Å². The summed E-state index contributed by atoms with van der Waals surface area (Å²) in [6.07, 6.45) is 5.83.